The number of nitrogens with one attached hydrogen (secondary N) is 1. The lowest BCUT2D eigenvalue weighted by molar-refractivity contribution is -0.124. The first-order valence-corrected chi connectivity index (χ1v) is 7.11. The largest absolute Gasteiger partial charge is 0.350 e. The van der Waals surface area contributed by atoms with E-state index >= 15 is 0 Å². The summed E-state index contributed by atoms with van der Waals surface area (Å²) in [5.41, 5.74) is 5.80. The van der Waals surface area contributed by atoms with E-state index in [9.17, 15) is 4.79 Å². The fourth-order valence-electron chi connectivity index (χ4n) is 2.40. The Bertz CT molecular complexity index is 270. The summed E-state index contributed by atoms with van der Waals surface area (Å²) in [6.07, 6.45) is 5.33. The van der Waals surface area contributed by atoms with Crippen molar-refractivity contribution in [1.29, 1.82) is 0 Å². The Hall–Kier alpha value is -0.610. The molecular formula is C14H29N3O. The fraction of sp³-hybridized carbons (Fsp3) is 0.929. The van der Waals surface area contributed by atoms with Gasteiger partial charge in [0.15, 0.2) is 0 Å². The van der Waals surface area contributed by atoms with Gasteiger partial charge in [-0.15, -0.1) is 0 Å². The van der Waals surface area contributed by atoms with Crippen LogP contribution < -0.4 is 11.1 Å². The summed E-state index contributed by atoms with van der Waals surface area (Å²) in [5.74, 6) is 0.124. The third-order valence-electron chi connectivity index (χ3n) is 4.12. The van der Waals surface area contributed by atoms with E-state index in [2.05, 4.69) is 31.0 Å². The number of hydrogen-bond donors (Lipinski definition) is 2. The quantitative estimate of drug-likeness (QED) is 0.782. The van der Waals surface area contributed by atoms with Gasteiger partial charge in [0.1, 0.15) is 0 Å². The van der Waals surface area contributed by atoms with Gasteiger partial charge < -0.3 is 11.1 Å². The number of rotatable bonds is 5. The molecule has 1 amide bonds. The molecule has 0 heterocycles. The molecule has 1 saturated carbocycles. The third kappa shape index (κ3) is 4.94. The van der Waals surface area contributed by atoms with Gasteiger partial charge in [0.25, 0.3) is 0 Å². The average Bonchev–Trinajstić information content (AvgIpc) is 2.29. The Morgan fingerprint density at radius 3 is 2.39 bits per heavy atom. The molecule has 3 N–H and O–H groups in total. The maximum absolute atomic E-state index is 12.0. The number of hydrogen-bond acceptors (Lipinski definition) is 3. The normalized spacial score (nSPS) is 25.2. The zero-order chi connectivity index (χ0) is 13.8. The van der Waals surface area contributed by atoms with Gasteiger partial charge in [-0.25, -0.2) is 0 Å². The van der Waals surface area contributed by atoms with Crippen molar-refractivity contribution in [1.82, 2.24) is 10.2 Å². The molecule has 1 rings (SSSR count). The molecule has 4 heteroatoms. The van der Waals surface area contributed by atoms with E-state index < -0.39 is 0 Å². The number of carbonyl (C=O) groups is 1. The molecule has 1 fully saturated rings. The smallest absolute Gasteiger partial charge is 0.234 e. The number of likely N-dealkylation sites (N-methyl/N-ethyl adjacent to an activating group) is 1. The molecule has 0 unspecified atom stereocenters. The molecule has 0 aromatic heterocycles. The lowest BCUT2D eigenvalue weighted by Crippen LogP contribution is -2.49. The molecule has 0 radical (unpaired) electrons. The molecule has 0 aromatic carbocycles. The first-order valence-electron chi connectivity index (χ1n) is 7.11. The average molecular weight is 255 g/mol. The summed E-state index contributed by atoms with van der Waals surface area (Å²) in [4.78, 5) is 14.1. The zero-order valence-electron chi connectivity index (χ0n) is 12.3. The first kappa shape index (κ1) is 15.4. The molecule has 0 saturated heterocycles. The van der Waals surface area contributed by atoms with E-state index in [1.165, 1.54) is 0 Å². The highest BCUT2D eigenvalue weighted by Gasteiger charge is 2.24. The van der Waals surface area contributed by atoms with Crippen LogP contribution in [0.2, 0.25) is 0 Å². The van der Waals surface area contributed by atoms with Gasteiger partial charge in [0.05, 0.1) is 6.54 Å². The van der Waals surface area contributed by atoms with Gasteiger partial charge in [-0.05, 0) is 53.0 Å². The van der Waals surface area contributed by atoms with Crippen LogP contribution in [0.3, 0.4) is 0 Å². The van der Waals surface area contributed by atoms with Crippen LogP contribution in [0.4, 0.5) is 0 Å². The Morgan fingerprint density at radius 1 is 1.33 bits per heavy atom. The van der Waals surface area contributed by atoms with Crippen LogP contribution in [-0.4, -0.2) is 42.0 Å². The monoisotopic (exact) mass is 255 g/mol. The topological polar surface area (TPSA) is 58.4 Å². The third-order valence-corrected chi connectivity index (χ3v) is 4.12. The highest BCUT2D eigenvalue weighted by atomic mass is 16.2. The van der Waals surface area contributed by atoms with E-state index in [1.54, 1.807) is 0 Å². The molecule has 0 spiro atoms. The van der Waals surface area contributed by atoms with Crippen molar-refractivity contribution >= 4 is 5.91 Å². The summed E-state index contributed by atoms with van der Waals surface area (Å²) < 4.78 is 0. The van der Waals surface area contributed by atoms with Crippen LogP contribution in [-0.2, 0) is 4.79 Å². The minimum absolute atomic E-state index is 0.104. The predicted molar refractivity (Wildman–Crippen MR) is 75.4 cm³/mol. The van der Waals surface area contributed by atoms with Crippen LogP contribution in [0, 0.1) is 0 Å². The van der Waals surface area contributed by atoms with E-state index in [-0.39, 0.29) is 11.4 Å². The van der Waals surface area contributed by atoms with Gasteiger partial charge >= 0.3 is 0 Å². The second kappa shape index (κ2) is 6.53. The summed E-state index contributed by atoms with van der Waals surface area (Å²) in [7, 11) is 2.04. The van der Waals surface area contributed by atoms with E-state index in [1.807, 2.05) is 7.05 Å². The fourth-order valence-corrected chi connectivity index (χ4v) is 2.40. The number of nitrogens with zero attached hydrogens (tertiary/aromatic N) is 1. The van der Waals surface area contributed by atoms with Gasteiger partial charge in [-0.2, -0.15) is 0 Å². The molecule has 106 valence electrons. The Morgan fingerprint density at radius 2 is 1.89 bits per heavy atom. The van der Waals surface area contributed by atoms with Crippen LogP contribution >= 0.6 is 0 Å². The lowest BCUT2D eigenvalue weighted by atomic mass is 9.91. The van der Waals surface area contributed by atoms with Crippen molar-refractivity contribution in [3.63, 3.8) is 0 Å². The number of carbonyl (C=O) groups excluding carboxylic acids is 1. The molecule has 0 aromatic rings. The van der Waals surface area contributed by atoms with Crippen molar-refractivity contribution in [3.05, 3.63) is 0 Å². The van der Waals surface area contributed by atoms with Crippen LogP contribution in [0.15, 0.2) is 0 Å². The van der Waals surface area contributed by atoms with E-state index in [0.717, 1.165) is 32.1 Å². The highest BCUT2D eigenvalue weighted by molar-refractivity contribution is 5.78. The van der Waals surface area contributed by atoms with Crippen molar-refractivity contribution in [2.24, 2.45) is 5.73 Å². The second-order valence-electron chi connectivity index (χ2n) is 6.27. The van der Waals surface area contributed by atoms with Crippen LogP contribution in [0.25, 0.3) is 0 Å². The molecule has 4 nitrogen and oxygen atoms in total. The number of amides is 1. The summed E-state index contributed by atoms with van der Waals surface area (Å²) >= 11 is 0. The summed E-state index contributed by atoms with van der Waals surface area (Å²) in [6, 6.07) is 0.878. The van der Waals surface area contributed by atoms with E-state index in [0.29, 0.717) is 18.6 Å². The second-order valence-corrected chi connectivity index (χ2v) is 6.27. The minimum Gasteiger partial charge on any atom is -0.350 e. The Labute approximate surface area is 111 Å². The lowest BCUT2D eigenvalue weighted by Gasteiger charge is -2.34. The molecule has 0 bridgehead atoms. The van der Waals surface area contributed by atoms with Gasteiger partial charge in [-0.1, -0.05) is 6.92 Å². The van der Waals surface area contributed by atoms with Crippen molar-refractivity contribution in [2.75, 3.05) is 13.6 Å². The zero-order valence-corrected chi connectivity index (χ0v) is 12.3. The minimum atomic E-state index is -0.104. The van der Waals surface area contributed by atoms with Crippen molar-refractivity contribution in [2.45, 2.75) is 70.5 Å². The first-order chi connectivity index (χ1) is 8.34. The van der Waals surface area contributed by atoms with Gasteiger partial charge in [0, 0.05) is 17.6 Å². The molecule has 1 aliphatic carbocycles. The predicted octanol–water partition coefficient (Wildman–Crippen LogP) is 1.49. The molecule has 0 aliphatic heterocycles. The maximum atomic E-state index is 12.0. The summed E-state index contributed by atoms with van der Waals surface area (Å²) in [6.45, 7) is 6.70. The van der Waals surface area contributed by atoms with Crippen molar-refractivity contribution < 1.29 is 4.79 Å². The maximum Gasteiger partial charge on any atom is 0.234 e. The molecule has 1 aliphatic rings. The summed E-state index contributed by atoms with van der Waals surface area (Å²) in [5, 5.41) is 3.08. The number of nitrogens with two attached hydrogens (primary N) is 1. The Kier molecular flexibility index (Phi) is 5.60. The Balaban J connectivity index is 2.35. The molecule has 18 heavy (non-hydrogen) atoms. The van der Waals surface area contributed by atoms with Crippen LogP contribution in [0.1, 0.15) is 52.9 Å². The highest BCUT2D eigenvalue weighted by Crippen LogP contribution is 2.20. The van der Waals surface area contributed by atoms with Crippen LogP contribution in [0.5, 0.6) is 0 Å². The van der Waals surface area contributed by atoms with E-state index in [4.69, 9.17) is 5.73 Å². The SMILES string of the molecule is CCC(C)(C)NC(=O)CN(C)C1CCC(N)CC1. The van der Waals surface area contributed by atoms with Gasteiger partial charge in [-0.3, -0.25) is 9.69 Å². The van der Waals surface area contributed by atoms with Gasteiger partial charge in [0.2, 0.25) is 5.91 Å². The van der Waals surface area contributed by atoms with Crippen molar-refractivity contribution in [3.8, 4) is 0 Å². The standard InChI is InChI=1S/C14H29N3O/c1-5-14(2,3)16-13(18)10-17(4)12-8-6-11(15)7-9-12/h11-12H,5-10,15H2,1-4H3,(H,16,18). The molecule has 0 atom stereocenters. The molecular weight excluding hydrogens is 226 g/mol.